The van der Waals surface area contributed by atoms with E-state index in [9.17, 15) is 14.4 Å². The van der Waals surface area contributed by atoms with E-state index in [1.165, 1.54) is 167 Å². The van der Waals surface area contributed by atoms with Gasteiger partial charge in [0.15, 0.2) is 6.10 Å². The fourth-order valence-electron chi connectivity index (χ4n) is 7.57. The van der Waals surface area contributed by atoms with Gasteiger partial charge in [0, 0.05) is 19.3 Å². The maximum Gasteiger partial charge on any atom is 0.306 e. The van der Waals surface area contributed by atoms with E-state index in [0.29, 0.717) is 19.3 Å². The number of ether oxygens (including phenoxy) is 3. The molecule has 0 N–H and O–H groups in total. The van der Waals surface area contributed by atoms with Crippen LogP contribution in [-0.2, 0) is 28.6 Å². The third-order valence-electron chi connectivity index (χ3n) is 12.2. The van der Waals surface area contributed by atoms with Crippen LogP contribution in [-0.4, -0.2) is 37.2 Å². The molecule has 0 bridgehead atoms. The summed E-state index contributed by atoms with van der Waals surface area (Å²) < 4.78 is 16.7. The van der Waals surface area contributed by atoms with Gasteiger partial charge in [0.1, 0.15) is 13.2 Å². The van der Waals surface area contributed by atoms with Crippen LogP contribution in [0, 0.1) is 11.8 Å². The number of rotatable bonds is 45. The van der Waals surface area contributed by atoms with Gasteiger partial charge in [0.2, 0.25) is 0 Å². The maximum absolute atomic E-state index is 12.6. The first-order valence-electron chi connectivity index (χ1n) is 25.3. The molecule has 0 amide bonds. The van der Waals surface area contributed by atoms with E-state index in [1.807, 2.05) is 0 Å². The highest BCUT2D eigenvalue weighted by Gasteiger charge is 2.19. The van der Waals surface area contributed by atoms with Crippen LogP contribution in [0.25, 0.3) is 0 Å². The van der Waals surface area contributed by atoms with Gasteiger partial charge in [-0.15, -0.1) is 0 Å². The zero-order valence-corrected chi connectivity index (χ0v) is 39.0. The van der Waals surface area contributed by atoms with Crippen molar-refractivity contribution in [1.29, 1.82) is 0 Å². The van der Waals surface area contributed by atoms with Crippen molar-refractivity contribution < 1.29 is 28.6 Å². The molecule has 0 heterocycles. The lowest BCUT2D eigenvalue weighted by atomic mass is 9.99. The topological polar surface area (TPSA) is 78.9 Å². The number of carbonyl (C=O) groups excluding carboxylic acids is 3. The first-order valence-corrected chi connectivity index (χ1v) is 25.3. The third kappa shape index (κ3) is 42.3. The molecule has 0 aliphatic heterocycles. The van der Waals surface area contributed by atoms with Gasteiger partial charge >= 0.3 is 17.9 Å². The molecular formula is C51H98O6. The van der Waals surface area contributed by atoms with Gasteiger partial charge in [-0.05, 0) is 31.1 Å². The molecule has 0 aromatic carbocycles. The van der Waals surface area contributed by atoms with E-state index >= 15 is 0 Å². The molecule has 6 heteroatoms. The molecule has 0 rings (SSSR count). The summed E-state index contributed by atoms with van der Waals surface area (Å²) in [5, 5.41) is 0. The number of carbonyl (C=O) groups is 3. The second-order valence-electron chi connectivity index (χ2n) is 17.9. The van der Waals surface area contributed by atoms with Crippen molar-refractivity contribution in [3.05, 3.63) is 0 Å². The number of esters is 3. The second-order valence-corrected chi connectivity index (χ2v) is 17.9. The van der Waals surface area contributed by atoms with E-state index in [0.717, 1.165) is 69.6 Å². The summed E-state index contributed by atoms with van der Waals surface area (Å²) in [6, 6.07) is 0. The molecule has 0 aliphatic rings. The molecule has 0 aromatic rings. The van der Waals surface area contributed by atoms with Gasteiger partial charge in [-0.25, -0.2) is 0 Å². The predicted octanol–water partition coefficient (Wildman–Crippen LogP) is 16.1. The van der Waals surface area contributed by atoms with Gasteiger partial charge < -0.3 is 14.2 Å². The summed E-state index contributed by atoms with van der Waals surface area (Å²) in [5.41, 5.74) is 0. The molecule has 0 aliphatic carbocycles. The van der Waals surface area contributed by atoms with E-state index in [2.05, 4.69) is 34.6 Å². The first kappa shape index (κ1) is 55.4. The van der Waals surface area contributed by atoms with Crippen LogP contribution in [0.15, 0.2) is 0 Å². The lowest BCUT2D eigenvalue weighted by Gasteiger charge is -2.18. The standard InChI is InChI=1S/C51H98O6/c1-6-9-10-11-24-33-38-43-51(54)57-48(45-56-50(53)42-37-32-28-23-19-18-21-26-30-35-40-47(5)8-3)44-55-49(52)41-36-31-27-22-17-15-13-12-14-16-20-25-29-34-39-46(4)7-2/h46-48H,6-45H2,1-5H3/t46?,47?,48-/m1/s1. The SMILES string of the molecule is CCCCCCCCCC(=O)O[C@H](COC(=O)CCCCCCCCCCCCCCCCC(C)CC)COC(=O)CCCCCCCCCCCCC(C)CC. The predicted molar refractivity (Wildman–Crippen MR) is 243 cm³/mol. The summed E-state index contributed by atoms with van der Waals surface area (Å²) in [5.74, 6) is 0.909. The van der Waals surface area contributed by atoms with Crippen LogP contribution in [0.3, 0.4) is 0 Å². The Labute approximate surface area is 355 Å². The molecule has 0 radical (unpaired) electrons. The molecule has 0 saturated heterocycles. The monoisotopic (exact) mass is 807 g/mol. The average Bonchev–Trinajstić information content (AvgIpc) is 3.21. The summed E-state index contributed by atoms with van der Waals surface area (Å²) in [7, 11) is 0. The Hall–Kier alpha value is -1.59. The highest BCUT2D eigenvalue weighted by atomic mass is 16.6. The highest BCUT2D eigenvalue weighted by Crippen LogP contribution is 2.18. The Bertz CT molecular complexity index is 874. The van der Waals surface area contributed by atoms with Crippen molar-refractivity contribution in [3.63, 3.8) is 0 Å². The van der Waals surface area contributed by atoms with E-state index in [4.69, 9.17) is 14.2 Å². The summed E-state index contributed by atoms with van der Waals surface area (Å²) in [6.07, 6.45) is 43.7. The van der Waals surface area contributed by atoms with Crippen LogP contribution in [0.2, 0.25) is 0 Å². The van der Waals surface area contributed by atoms with Gasteiger partial charge in [-0.2, -0.15) is 0 Å². The van der Waals surface area contributed by atoms with Gasteiger partial charge in [-0.1, -0.05) is 240 Å². The van der Waals surface area contributed by atoms with Crippen molar-refractivity contribution in [2.75, 3.05) is 13.2 Å². The molecule has 3 atom stereocenters. The van der Waals surface area contributed by atoms with Crippen molar-refractivity contribution in [2.45, 2.75) is 285 Å². The fraction of sp³-hybridized carbons (Fsp3) is 0.941. The molecule has 0 saturated carbocycles. The van der Waals surface area contributed by atoms with E-state index in [-0.39, 0.29) is 31.1 Å². The Morgan fingerprint density at radius 1 is 0.351 bits per heavy atom. The van der Waals surface area contributed by atoms with Crippen molar-refractivity contribution in [3.8, 4) is 0 Å². The first-order chi connectivity index (χ1) is 27.8. The zero-order valence-electron chi connectivity index (χ0n) is 39.0. The third-order valence-corrected chi connectivity index (χ3v) is 12.2. The Kier molecular flexibility index (Phi) is 42.7. The molecule has 0 spiro atoms. The lowest BCUT2D eigenvalue weighted by Crippen LogP contribution is -2.30. The molecule has 57 heavy (non-hydrogen) atoms. The van der Waals surface area contributed by atoms with E-state index in [1.54, 1.807) is 0 Å². The minimum absolute atomic E-state index is 0.0645. The Morgan fingerprint density at radius 3 is 0.912 bits per heavy atom. The average molecular weight is 807 g/mol. The smallest absolute Gasteiger partial charge is 0.306 e. The van der Waals surface area contributed by atoms with Crippen LogP contribution in [0.5, 0.6) is 0 Å². The summed E-state index contributed by atoms with van der Waals surface area (Å²) in [6.45, 7) is 11.4. The molecule has 338 valence electrons. The quantitative estimate of drug-likeness (QED) is 0.0346. The molecular weight excluding hydrogens is 709 g/mol. The normalized spacial score (nSPS) is 13.0. The van der Waals surface area contributed by atoms with Crippen molar-refractivity contribution in [1.82, 2.24) is 0 Å². The fourth-order valence-corrected chi connectivity index (χ4v) is 7.57. The Morgan fingerprint density at radius 2 is 0.614 bits per heavy atom. The highest BCUT2D eigenvalue weighted by molar-refractivity contribution is 5.71. The Balaban J connectivity index is 4.18. The van der Waals surface area contributed by atoms with Crippen LogP contribution in [0.4, 0.5) is 0 Å². The van der Waals surface area contributed by atoms with Crippen molar-refractivity contribution >= 4 is 17.9 Å². The second kappa shape index (κ2) is 44.0. The van der Waals surface area contributed by atoms with Gasteiger partial charge in [-0.3, -0.25) is 14.4 Å². The minimum atomic E-state index is -0.760. The van der Waals surface area contributed by atoms with Gasteiger partial charge in [0.25, 0.3) is 0 Å². The minimum Gasteiger partial charge on any atom is -0.462 e. The van der Waals surface area contributed by atoms with Gasteiger partial charge in [0.05, 0.1) is 0 Å². The van der Waals surface area contributed by atoms with Crippen molar-refractivity contribution in [2.24, 2.45) is 11.8 Å². The summed E-state index contributed by atoms with van der Waals surface area (Å²) in [4.78, 5) is 37.7. The number of hydrogen-bond donors (Lipinski definition) is 0. The van der Waals surface area contributed by atoms with Crippen LogP contribution < -0.4 is 0 Å². The maximum atomic E-state index is 12.6. The number of hydrogen-bond acceptors (Lipinski definition) is 6. The molecule has 2 unspecified atom stereocenters. The van der Waals surface area contributed by atoms with Crippen LogP contribution in [0.1, 0.15) is 279 Å². The van der Waals surface area contributed by atoms with E-state index < -0.39 is 6.10 Å². The lowest BCUT2D eigenvalue weighted by molar-refractivity contribution is -0.167. The molecule has 6 nitrogen and oxygen atoms in total. The molecule has 0 fully saturated rings. The summed E-state index contributed by atoms with van der Waals surface area (Å²) >= 11 is 0. The molecule has 0 aromatic heterocycles. The number of unbranched alkanes of at least 4 members (excludes halogenated alkanes) is 28. The zero-order chi connectivity index (χ0) is 41.9. The largest absolute Gasteiger partial charge is 0.462 e. The van der Waals surface area contributed by atoms with Crippen LogP contribution >= 0.6 is 0 Å².